The quantitative estimate of drug-likeness (QED) is 0.730. The Balaban J connectivity index is 1.96. The van der Waals surface area contributed by atoms with Gasteiger partial charge in [-0.1, -0.05) is 18.2 Å². The normalized spacial score (nSPS) is 20.5. The van der Waals surface area contributed by atoms with E-state index in [4.69, 9.17) is 4.74 Å². The Morgan fingerprint density at radius 3 is 2.53 bits per heavy atom. The number of rotatable bonds is 2. The summed E-state index contributed by atoms with van der Waals surface area (Å²) in [7, 11) is 1.49. The molecule has 0 spiro atoms. The van der Waals surface area contributed by atoms with Crippen molar-refractivity contribution in [3.8, 4) is 0 Å². The number of esters is 1. The molecular formula is C15H18O2. The molecule has 0 N–H and O–H groups in total. The molecule has 2 heteroatoms. The number of benzene rings is 1. The lowest BCUT2D eigenvalue weighted by Crippen LogP contribution is -2.22. The van der Waals surface area contributed by atoms with Crippen LogP contribution in [0.1, 0.15) is 42.4 Å². The number of aryl methyl sites for hydroxylation is 2. The van der Waals surface area contributed by atoms with Crippen LogP contribution in [0, 0.1) is 0 Å². The van der Waals surface area contributed by atoms with Gasteiger partial charge in [-0.2, -0.15) is 0 Å². The summed E-state index contributed by atoms with van der Waals surface area (Å²) in [5, 5.41) is 0. The van der Waals surface area contributed by atoms with Crippen LogP contribution in [0.3, 0.4) is 0 Å². The molecule has 1 fully saturated rings. The van der Waals surface area contributed by atoms with E-state index in [0.717, 1.165) is 12.8 Å². The van der Waals surface area contributed by atoms with Crippen LogP contribution in [0.4, 0.5) is 0 Å². The first-order chi connectivity index (χ1) is 8.26. The van der Waals surface area contributed by atoms with Crippen molar-refractivity contribution >= 4 is 5.97 Å². The third-order valence-corrected chi connectivity index (χ3v) is 4.23. The van der Waals surface area contributed by atoms with Crippen molar-refractivity contribution in [2.75, 3.05) is 7.11 Å². The van der Waals surface area contributed by atoms with Crippen LogP contribution < -0.4 is 0 Å². The monoisotopic (exact) mass is 230 g/mol. The standard InChI is InChI=1S/C15H18O2/c1-17-14(16)15(8-9-15)13-7-6-11-4-2-3-5-12(11)10-13/h6-7,10H,2-5,8-9H2,1H3. The first-order valence-corrected chi connectivity index (χ1v) is 6.47. The number of hydrogen-bond donors (Lipinski definition) is 0. The van der Waals surface area contributed by atoms with E-state index in [1.807, 2.05) is 0 Å². The third-order valence-electron chi connectivity index (χ3n) is 4.23. The van der Waals surface area contributed by atoms with Gasteiger partial charge in [-0.25, -0.2) is 0 Å². The molecule has 0 aromatic heterocycles. The van der Waals surface area contributed by atoms with Crippen molar-refractivity contribution in [2.24, 2.45) is 0 Å². The van der Waals surface area contributed by atoms with Gasteiger partial charge in [-0.3, -0.25) is 4.79 Å². The molecule has 1 aromatic carbocycles. The van der Waals surface area contributed by atoms with Crippen LogP contribution in [-0.4, -0.2) is 13.1 Å². The molecule has 17 heavy (non-hydrogen) atoms. The number of methoxy groups -OCH3 is 1. The van der Waals surface area contributed by atoms with E-state index < -0.39 is 0 Å². The van der Waals surface area contributed by atoms with Gasteiger partial charge in [0.2, 0.25) is 0 Å². The number of hydrogen-bond acceptors (Lipinski definition) is 2. The lowest BCUT2D eigenvalue weighted by atomic mass is 9.86. The molecule has 0 heterocycles. The summed E-state index contributed by atoms with van der Waals surface area (Å²) in [5.74, 6) is -0.0618. The van der Waals surface area contributed by atoms with Crippen molar-refractivity contribution in [1.29, 1.82) is 0 Å². The Hall–Kier alpha value is -1.31. The number of ether oxygens (including phenoxy) is 1. The van der Waals surface area contributed by atoms with Crippen molar-refractivity contribution in [3.63, 3.8) is 0 Å². The van der Waals surface area contributed by atoms with E-state index in [2.05, 4.69) is 18.2 Å². The van der Waals surface area contributed by atoms with Gasteiger partial charge in [-0.05, 0) is 55.2 Å². The van der Waals surface area contributed by atoms with Crippen LogP contribution >= 0.6 is 0 Å². The van der Waals surface area contributed by atoms with E-state index >= 15 is 0 Å². The first kappa shape index (κ1) is 10.8. The first-order valence-electron chi connectivity index (χ1n) is 6.47. The molecular weight excluding hydrogens is 212 g/mol. The Kier molecular flexibility index (Phi) is 2.46. The molecule has 0 aliphatic heterocycles. The fourth-order valence-corrected chi connectivity index (χ4v) is 2.96. The summed E-state index contributed by atoms with van der Waals surface area (Å²) in [6.07, 6.45) is 6.83. The fraction of sp³-hybridized carbons (Fsp3) is 0.533. The molecule has 1 aromatic rings. The highest BCUT2D eigenvalue weighted by atomic mass is 16.5. The summed E-state index contributed by atoms with van der Waals surface area (Å²) in [6, 6.07) is 6.60. The second kappa shape index (κ2) is 3.86. The molecule has 3 rings (SSSR count). The van der Waals surface area contributed by atoms with E-state index in [9.17, 15) is 4.79 Å². The molecule has 0 amide bonds. The number of fused-ring (bicyclic) bond motifs is 1. The van der Waals surface area contributed by atoms with Gasteiger partial charge in [0.1, 0.15) is 0 Å². The number of carbonyl (C=O) groups excluding carboxylic acids is 1. The largest absolute Gasteiger partial charge is 0.468 e. The van der Waals surface area contributed by atoms with Crippen molar-refractivity contribution in [2.45, 2.75) is 43.9 Å². The minimum Gasteiger partial charge on any atom is -0.468 e. The zero-order valence-electron chi connectivity index (χ0n) is 10.3. The van der Waals surface area contributed by atoms with Gasteiger partial charge in [0.15, 0.2) is 0 Å². The van der Waals surface area contributed by atoms with E-state index in [0.29, 0.717) is 0 Å². The zero-order valence-corrected chi connectivity index (χ0v) is 10.3. The SMILES string of the molecule is COC(=O)C1(c2ccc3c(c2)CCCC3)CC1. The maximum Gasteiger partial charge on any atom is 0.316 e. The van der Waals surface area contributed by atoms with Gasteiger partial charge >= 0.3 is 5.97 Å². The Morgan fingerprint density at radius 2 is 1.88 bits per heavy atom. The Morgan fingerprint density at radius 1 is 1.18 bits per heavy atom. The predicted octanol–water partition coefficient (Wildman–Crippen LogP) is 2.77. The summed E-state index contributed by atoms with van der Waals surface area (Å²) in [6.45, 7) is 0. The fourth-order valence-electron chi connectivity index (χ4n) is 2.96. The minimum absolute atomic E-state index is 0.0618. The molecule has 0 saturated heterocycles. The molecule has 2 aliphatic rings. The molecule has 0 bridgehead atoms. The van der Waals surface area contributed by atoms with E-state index in [-0.39, 0.29) is 11.4 Å². The third kappa shape index (κ3) is 1.67. The molecule has 2 aliphatic carbocycles. The highest BCUT2D eigenvalue weighted by Gasteiger charge is 2.52. The topological polar surface area (TPSA) is 26.3 Å². The second-order valence-corrected chi connectivity index (χ2v) is 5.26. The molecule has 1 saturated carbocycles. The highest BCUT2D eigenvalue weighted by molar-refractivity contribution is 5.86. The average molecular weight is 230 g/mol. The van der Waals surface area contributed by atoms with Gasteiger partial charge in [0, 0.05) is 0 Å². The molecule has 0 radical (unpaired) electrons. The van der Waals surface area contributed by atoms with Crippen LogP contribution in [0.25, 0.3) is 0 Å². The summed E-state index contributed by atoms with van der Waals surface area (Å²) >= 11 is 0. The Labute approximate surface area is 102 Å². The Bertz CT molecular complexity index is 458. The minimum atomic E-state index is -0.304. The van der Waals surface area contributed by atoms with Gasteiger partial charge in [0.05, 0.1) is 12.5 Å². The van der Waals surface area contributed by atoms with Crippen molar-refractivity contribution in [3.05, 3.63) is 34.9 Å². The van der Waals surface area contributed by atoms with Crippen molar-refractivity contribution in [1.82, 2.24) is 0 Å². The summed E-state index contributed by atoms with van der Waals surface area (Å²) in [4.78, 5) is 11.8. The summed E-state index contributed by atoms with van der Waals surface area (Å²) in [5.41, 5.74) is 3.79. The molecule has 0 atom stereocenters. The lowest BCUT2D eigenvalue weighted by molar-refractivity contribution is -0.143. The van der Waals surface area contributed by atoms with Crippen LogP contribution in [0.5, 0.6) is 0 Å². The maximum atomic E-state index is 11.8. The van der Waals surface area contributed by atoms with E-state index in [1.165, 1.54) is 49.5 Å². The zero-order chi connectivity index (χ0) is 11.9. The predicted molar refractivity (Wildman–Crippen MR) is 66.0 cm³/mol. The van der Waals surface area contributed by atoms with Gasteiger partial charge in [-0.15, -0.1) is 0 Å². The van der Waals surface area contributed by atoms with Gasteiger partial charge in [0.25, 0.3) is 0 Å². The van der Waals surface area contributed by atoms with Gasteiger partial charge < -0.3 is 4.74 Å². The second-order valence-electron chi connectivity index (χ2n) is 5.26. The number of carbonyl (C=O) groups is 1. The summed E-state index contributed by atoms with van der Waals surface area (Å²) < 4.78 is 4.94. The molecule has 90 valence electrons. The average Bonchev–Trinajstić information content (AvgIpc) is 3.19. The smallest absolute Gasteiger partial charge is 0.316 e. The van der Waals surface area contributed by atoms with Crippen LogP contribution in [-0.2, 0) is 27.8 Å². The van der Waals surface area contributed by atoms with Crippen molar-refractivity contribution < 1.29 is 9.53 Å². The van der Waals surface area contributed by atoms with Crippen LogP contribution in [0.15, 0.2) is 18.2 Å². The highest BCUT2D eigenvalue weighted by Crippen LogP contribution is 2.49. The van der Waals surface area contributed by atoms with E-state index in [1.54, 1.807) is 0 Å². The maximum absolute atomic E-state index is 11.8. The molecule has 0 unspecified atom stereocenters. The van der Waals surface area contributed by atoms with Crippen LogP contribution in [0.2, 0.25) is 0 Å². The molecule has 2 nitrogen and oxygen atoms in total. The lowest BCUT2D eigenvalue weighted by Gasteiger charge is -2.19.